The lowest BCUT2D eigenvalue weighted by molar-refractivity contribution is 1.33. The maximum absolute atomic E-state index is 4.09. The van der Waals surface area contributed by atoms with Crippen molar-refractivity contribution in [1.82, 2.24) is 9.97 Å². The molecule has 4 aromatic rings. The third-order valence-corrected chi connectivity index (χ3v) is 4.04. The molecule has 0 unspecified atom stereocenters. The second-order valence-electron chi connectivity index (χ2n) is 6.22. The second kappa shape index (κ2) is 8.72. The molecule has 0 saturated heterocycles. The zero-order chi connectivity index (χ0) is 18.2. The van der Waals surface area contributed by atoms with Crippen molar-refractivity contribution in [2.45, 2.75) is 13.8 Å². The van der Waals surface area contributed by atoms with Gasteiger partial charge in [-0.05, 0) is 54.3 Å². The van der Waals surface area contributed by atoms with E-state index in [0.717, 1.165) is 0 Å². The third kappa shape index (κ3) is 4.87. The van der Waals surface area contributed by atoms with Gasteiger partial charge in [-0.15, -0.1) is 0 Å². The highest BCUT2D eigenvalue weighted by Gasteiger charge is 1.96. The highest BCUT2D eigenvalue weighted by atomic mass is 14.6. The molecule has 0 radical (unpaired) electrons. The standard InChI is InChI=1S/2C12H11N/c1-10-4-2-5-11(8-10)12-6-3-7-13-9-12;1-10-3-2-4-12(9-10)11-5-7-13-8-6-11/h2*2-9H,1H3. The second-order valence-corrected chi connectivity index (χ2v) is 6.22. The Hall–Kier alpha value is -3.26. The Morgan fingerprint density at radius 1 is 0.500 bits per heavy atom. The smallest absolute Gasteiger partial charge is 0.0346 e. The van der Waals surface area contributed by atoms with Gasteiger partial charge in [0.1, 0.15) is 0 Å². The Kier molecular flexibility index (Phi) is 5.89. The summed E-state index contributed by atoms with van der Waals surface area (Å²) in [6, 6.07) is 25.0. The quantitative estimate of drug-likeness (QED) is 0.440. The van der Waals surface area contributed by atoms with E-state index in [1.807, 2.05) is 36.8 Å². The van der Waals surface area contributed by atoms with E-state index in [1.54, 1.807) is 6.20 Å². The number of aryl methyl sites for hydroxylation is 2. The summed E-state index contributed by atoms with van der Waals surface area (Å²) in [5, 5.41) is 0. The largest absolute Gasteiger partial charge is 0.265 e. The lowest BCUT2D eigenvalue weighted by Crippen LogP contribution is -1.79. The van der Waals surface area contributed by atoms with Gasteiger partial charge in [0.15, 0.2) is 0 Å². The van der Waals surface area contributed by atoms with Crippen LogP contribution < -0.4 is 0 Å². The summed E-state index contributed by atoms with van der Waals surface area (Å²) >= 11 is 0. The number of hydrogen-bond donors (Lipinski definition) is 0. The van der Waals surface area contributed by atoms with Gasteiger partial charge < -0.3 is 0 Å². The van der Waals surface area contributed by atoms with Crippen LogP contribution in [0, 0.1) is 13.8 Å². The van der Waals surface area contributed by atoms with Gasteiger partial charge in [0.05, 0.1) is 0 Å². The number of aromatic nitrogens is 2. The molecule has 0 N–H and O–H groups in total. The zero-order valence-electron chi connectivity index (χ0n) is 15.1. The van der Waals surface area contributed by atoms with E-state index in [2.05, 4.69) is 78.4 Å². The van der Waals surface area contributed by atoms with Crippen molar-refractivity contribution in [2.75, 3.05) is 0 Å². The Balaban J connectivity index is 0.000000151. The molecule has 0 fully saturated rings. The first-order valence-corrected chi connectivity index (χ1v) is 8.66. The van der Waals surface area contributed by atoms with Crippen LogP contribution in [0.1, 0.15) is 11.1 Å². The van der Waals surface area contributed by atoms with Crippen LogP contribution in [-0.2, 0) is 0 Å². The molecule has 2 aromatic carbocycles. The minimum Gasteiger partial charge on any atom is -0.265 e. The highest BCUT2D eigenvalue weighted by molar-refractivity contribution is 5.63. The first-order valence-electron chi connectivity index (χ1n) is 8.66. The van der Waals surface area contributed by atoms with Crippen LogP contribution in [0.15, 0.2) is 97.6 Å². The van der Waals surface area contributed by atoms with Crippen molar-refractivity contribution >= 4 is 0 Å². The average molecular weight is 338 g/mol. The van der Waals surface area contributed by atoms with E-state index in [1.165, 1.54) is 33.4 Å². The molecule has 2 nitrogen and oxygen atoms in total. The lowest BCUT2D eigenvalue weighted by atomic mass is 10.1. The van der Waals surface area contributed by atoms with E-state index in [9.17, 15) is 0 Å². The average Bonchev–Trinajstić information content (AvgIpc) is 2.70. The lowest BCUT2D eigenvalue weighted by Gasteiger charge is -2.01. The molecule has 0 aliphatic heterocycles. The monoisotopic (exact) mass is 338 g/mol. The zero-order valence-corrected chi connectivity index (χ0v) is 15.1. The number of rotatable bonds is 2. The van der Waals surface area contributed by atoms with Crippen molar-refractivity contribution in [3.05, 3.63) is 109 Å². The number of pyridine rings is 2. The predicted octanol–water partition coefficient (Wildman–Crippen LogP) is 6.11. The van der Waals surface area contributed by atoms with Gasteiger partial charge >= 0.3 is 0 Å². The fourth-order valence-corrected chi connectivity index (χ4v) is 2.73. The van der Waals surface area contributed by atoms with Gasteiger partial charge in [-0.1, -0.05) is 65.7 Å². The highest BCUT2D eigenvalue weighted by Crippen LogP contribution is 2.19. The van der Waals surface area contributed by atoms with Crippen molar-refractivity contribution in [1.29, 1.82) is 0 Å². The summed E-state index contributed by atoms with van der Waals surface area (Å²) in [6.45, 7) is 4.20. The van der Waals surface area contributed by atoms with E-state index in [-0.39, 0.29) is 0 Å². The van der Waals surface area contributed by atoms with Crippen molar-refractivity contribution in [3.63, 3.8) is 0 Å². The Labute approximate surface area is 155 Å². The molecule has 128 valence electrons. The van der Waals surface area contributed by atoms with Gasteiger partial charge in [-0.25, -0.2) is 0 Å². The number of nitrogens with zero attached hydrogens (tertiary/aromatic N) is 2. The minimum atomic E-state index is 1.17. The Morgan fingerprint density at radius 3 is 1.62 bits per heavy atom. The van der Waals surface area contributed by atoms with Gasteiger partial charge in [0.2, 0.25) is 0 Å². The van der Waals surface area contributed by atoms with Gasteiger partial charge in [0, 0.05) is 24.8 Å². The maximum atomic E-state index is 4.09. The van der Waals surface area contributed by atoms with E-state index in [4.69, 9.17) is 0 Å². The van der Waals surface area contributed by atoms with Crippen LogP contribution in [0.25, 0.3) is 22.3 Å². The fraction of sp³-hybridized carbons (Fsp3) is 0.0833. The normalized spacial score (nSPS) is 9.92. The topological polar surface area (TPSA) is 25.8 Å². The Bertz CT molecular complexity index is 867. The summed E-state index contributed by atoms with van der Waals surface area (Å²) in [5.41, 5.74) is 7.44. The molecule has 0 atom stereocenters. The summed E-state index contributed by atoms with van der Waals surface area (Å²) in [4.78, 5) is 8.08. The van der Waals surface area contributed by atoms with Crippen LogP contribution in [0.3, 0.4) is 0 Å². The molecule has 2 aromatic heterocycles. The maximum Gasteiger partial charge on any atom is 0.0346 e. The molecule has 0 amide bonds. The fourth-order valence-electron chi connectivity index (χ4n) is 2.73. The molecule has 0 aliphatic carbocycles. The molecule has 26 heavy (non-hydrogen) atoms. The van der Waals surface area contributed by atoms with E-state index >= 15 is 0 Å². The van der Waals surface area contributed by atoms with Gasteiger partial charge in [0.25, 0.3) is 0 Å². The minimum absolute atomic E-state index is 1.17. The third-order valence-electron chi connectivity index (χ3n) is 4.04. The van der Waals surface area contributed by atoms with E-state index < -0.39 is 0 Å². The number of hydrogen-bond acceptors (Lipinski definition) is 2. The van der Waals surface area contributed by atoms with Crippen LogP contribution in [0.2, 0.25) is 0 Å². The first kappa shape index (κ1) is 17.6. The molecule has 2 heteroatoms. The summed E-state index contributed by atoms with van der Waals surface area (Å²) in [5.74, 6) is 0. The van der Waals surface area contributed by atoms with Crippen LogP contribution >= 0.6 is 0 Å². The van der Waals surface area contributed by atoms with Crippen molar-refractivity contribution in [3.8, 4) is 22.3 Å². The van der Waals surface area contributed by atoms with Gasteiger partial charge in [-0.3, -0.25) is 9.97 Å². The molecular formula is C24H22N2. The summed E-state index contributed by atoms with van der Waals surface area (Å²) < 4.78 is 0. The van der Waals surface area contributed by atoms with Crippen LogP contribution in [-0.4, -0.2) is 9.97 Å². The molecule has 2 heterocycles. The molecule has 0 bridgehead atoms. The summed E-state index contributed by atoms with van der Waals surface area (Å²) in [6.07, 6.45) is 7.31. The van der Waals surface area contributed by atoms with Crippen molar-refractivity contribution < 1.29 is 0 Å². The van der Waals surface area contributed by atoms with E-state index in [0.29, 0.717) is 0 Å². The summed E-state index contributed by atoms with van der Waals surface area (Å²) in [7, 11) is 0. The molecule has 0 saturated carbocycles. The molecule has 4 rings (SSSR count). The first-order chi connectivity index (χ1) is 12.7. The van der Waals surface area contributed by atoms with Crippen LogP contribution in [0.4, 0.5) is 0 Å². The SMILES string of the molecule is Cc1cccc(-c2cccnc2)c1.Cc1cccc(-c2ccncc2)c1. The molecule has 0 spiro atoms. The predicted molar refractivity (Wildman–Crippen MR) is 109 cm³/mol. The van der Waals surface area contributed by atoms with Crippen LogP contribution in [0.5, 0.6) is 0 Å². The number of benzene rings is 2. The van der Waals surface area contributed by atoms with Crippen molar-refractivity contribution in [2.24, 2.45) is 0 Å². The Morgan fingerprint density at radius 2 is 1.08 bits per heavy atom. The molecular weight excluding hydrogens is 316 g/mol. The molecule has 0 aliphatic rings. The van der Waals surface area contributed by atoms with Gasteiger partial charge in [-0.2, -0.15) is 0 Å².